The quantitative estimate of drug-likeness (QED) is 0.605. The van der Waals surface area contributed by atoms with Crippen molar-refractivity contribution in [1.82, 2.24) is 20.1 Å². The standard InChI is InChI=1S/C25H28N6O3/c26-24(32)23-20(6-7-21(29-23)18-15-27-28-16-18)19-5-4-17(25(33)31-10-12-34-13-11-31)14-22(19)30-8-2-1-3-9-30/h4-7,14-16H,1-3,8-13H2,(H2,26,32)(H,27,28). The van der Waals surface area contributed by atoms with Crippen LogP contribution in [0.2, 0.25) is 0 Å². The zero-order valence-corrected chi connectivity index (χ0v) is 19.0. The summed E-state index contributed by atoms with van der Waals surface area (Å²) >= 11 is 0. The van der Waals surface area contributed by atoms with Crippen LogP contribution >= 0.6 is 0 Å². The molecule has 9 heteroatoms. The van der Waals surface area contributed by atoms with Crippen molar-refractivity contribution in [1.29, 1.82) is 0 Å². The molecule has 2 aromatic heterocycles. The number of rotatable bonds is 5. The Kier molecular flexibility index (Phi) is 6.27. The van der Waals surface area contributed by atoms with E-state index >= 15 is 0 Å². The van der Waals surface area contributed by atoms with Crippen molar-refractivity contribution in [3.05, 3.63) is 54.0 Å². The van der Waals surface area contributed by atoms with Gasteiger partial charge in [-0.25, -0.2) is 4.98 Å². The number of hydrogen-bond donors (Lipinski definition) is 2. The van der Waals surface area contributed by atoms with Crippen LogP contribution in [0.4, 0.5) is 5.69 Å². The maximum absolute atomic E-state index is 13.2. The van der Waals surface area contributed by atoms with Gasteiger partial charge in [0.05, 0.1) is 25.1 Å². The number of nitrogens with zero attached hydrogens (tertiary/aromatic N) is 4. The number of carbonyl (C=O) groups excluding carboxylic acids is 2. The maximum atomic E-state index is 13.2. The summed E-state index contributed by atoms with van der Waals surface area (Å²) in [5.74, 6) is -0.602. The predicted octanol–water partition coefficient (Wildman–Crippen LogP) is 2.70. The molecular weight excluding hydrogens is 432 g/mol. The van der Waals surface area contributed by atoms with E-state index in [2.05, 4.69) is 20.1 Å². The molecule has 176 valence electrons. The first-order chi connectivity index (χ1) is 16.6. The van der Waals surface area contributed by atoms with E-state index in [-0.39, 0.29) is 11.6 Å². The van der Waals surface area contributed by atoms with Crippen molar-refractivity contribution in [3.63, 3.8) is 0 Å². The van der Waals surface area contributed by atoms with E-state index in [4.69, 9.17) is 10.5 Å². The lowest BCUT2D eigenvalue weighted by atomic mass is 9.96. The molecule has 0 atom stereocenters. The average molecular weight is 461 g/mol. The molecule has 9 nitrogen and oxygen atoms in total. The Bertz CT molecular complexity index is 1180. The van der Waals surface area contributed by atoms with Crippen molar-refractivity contribution in [2.45, 2.75) is 19.3 Å². The monoisotopic (exact) mass is 460 g/mol. The van der Waals surface area contributed by atoms with Gasteiger partial charge in [-0.2, -0.15) is 5.10 Å². The summed E-state index contributed by atoms with van der Waals surface area (Å²) in [6.45, 7) is 4.08. The smallest absolute Gasteiger partial charge is 0.267 e. The minimum Gasteiger partial charge on any atom is -0.378 e. The van der Waals surface area contributed by atoms with Gasteiger partial charge in [0.15, 0.2) is 0 Å². The second kappa shape index (κ2) is 9.64. The van der Waals surface area contributed by atoms with Gasteiger partial charge >= 0.3 is 0 Å². The molecule has 0 bridgehead atoms. The number of H-pyrrole nitrogens is 1. The molecular formula is C25H28N6O3. The molecule has 4 heterocycles. The van der Waals surface area contributed by atoms with Gasteiger partial charge in [-0.15, -0.1) is 0 Å². The van der Waals surface area contributed by atoms with E-state index in [1.165, 1.54) is 6.42 Å². The van der Waals surface area contributed by atoms with Gasteiger partial charge < -0.3 is 20.3 Å². The van der Waals surface area contributed by atoms with Crippen LogP contribution in [-0.2, 0) is 4.74 Å². The van der Waals surface area contributed by atoms with Crippen LogP contribution in [0.3, 0.4) is 0 Å². The number of carbonyl (C=O) groups is 2. The number of aromatic amines is 1. The minimum atomic E-state index is -0.599. The zero-order chi connectivity index (χ0) is 23.5. The van der Waals surface area contributed by atoms with E-state index in [1.54, 1.807) is 12.4 Å². The first-order valence-corrected chi connectivity index (χ1v) is 11.7. The lowest BCUT2D eigenvalue weighted by Gasteiger charge is -2.32. The van der Waals surface area contributed by atoms with Crippen molar-refractivity contribution in [2.75, 3.05) is 44.3 Å². The number of primary amides is 1. The van der Waals surface area contributed by atoms with Gasteiger partial charge in [-0.3, -0.25) is 14.7 Å². The first kappa shape index (κ1) is 22.1. The molecule has 0 saturated carbocycles. The van der Waals surface area contributed by atoms with Gasteiger partial charge in [-0.1, -0.05) is 6.07 Å². The van der Waals surface area contributed by atoms with Crippen LogP contribution in [-0.4, -0.2) is 71.3 Å². The summed E-state index contributed by atoms with van der Waals surface area (Å²) in [6.07, 6.45) is 6.73. The molecule has 34 heavy (non-hydrogen) atoms. The van der Waals surface area contributed by atoms with Gasteiger partial charge in [0.2, 0.25) is 0 Å². The van der Waals surface area contributed by atoms with E-state index < -0.39 is 5.91 Å². The molecule has 2 aliphatic heterocycles. The number of piperidine rings is 1. The number of nitrogens with one attached hydrogen (secondary N) is 1. The Morgan fingerprint density at radius 1 is 0.971 bits per heavy atom. The van der Waals surface area contributed by atoms with Crippen LogP contribution < -0.4 is 10.6 Å². The molecule has 0 unspecified atom stereocenters. The number of pyridine rings is 1. The lowest BCUT2D eigenvalue weighted by molar-refractivity contribution is 0.0303. The normalized spacial score (nSPS) is 16.5. The molecule has 2 aliphatic rings. The SMILES string of the molecule is NC(=O)c1nc(-c2cn[nH]c2)ccc1-c1ccc(C(=O)N2CCOCC2)cc1N1CCCCC1. The van der Waals surface area contributed by atoms with Crippen molar-refractivity contribution in [3.8, 4) is 22.4 Å². The highest BCUT2D eigenvalue weighted by atomic mass is 16.5. The van der Waals surface area contributed by atoms with E-state index in [1.807, 2.05) is 35.2 Å². The third-order valence-corrected chi connectivity index (χ3v) is 6.45. The van der Waals surface area contributed by atoms with Crippen molar-refractivity contribution in [2.24, 2.45) is 5.73 Å². The maximum Gasteiger partial charge on any atom is 0.267 e. The predicted molar refractivity (Wildman–Crippen MR) is 129 cm³/mol. The number of hydrogen-bond acceptors (Lipinski definition) is 6. The fraction of sp³-hybridized carbons (Fsp3) is 0.360. The van der Waals surface area contributed by atoms with E-state index in [0.29, 0.717) is 43.1 Å². The summed E-state index contributed by atoms with van der Waals surface area (Å²) in [4.78, 5) is 34.3. The van der Waals surface area contributed by atoms with Crippen LogP contribution in [0.15, 0.2) is 42.7 Å². The highest BCUT2D eigenvalue weighted by Gasteiger charge is 2.24. The molecule has 0 radical (unpaired) electrons. The van der Waals surface area contributed by atoms with Crippen LogP contribution in [0.5, 0.6) is 0 Å². The molecule has 5 rings (SSSR count). The second-order valence-electron chi connectivity index (χ2n) is 8.63. The fourth-order valence-electron chi connectivity index (χ4n) is 4.65. The third kappa shape index (κ3) is 4.38. The van der Waals surface area contributed by atoms with Crippen molar-refractivity contribution >= 4 is 17.5 Å². The van der Waals surface area contributed by atoms with Crippen molar-refractivity contribution < 1.29 is 14.3 Å². The molecule has 3 aromatic rings. The molecule has 1 aromatic carbocycles. The van der Waals surface area contributed by atoms with E-state index in [0.717, 1.165) is 42.7 Å². The van der Waals surface area contributed by atoms with Gasteiger partial charge in [0.25, 0.3) is 11.8 Å². The number of amides is 2. The first-order valence-electron chi connectivity index (χ1n) is 11.7. The van der Waals surface area contributed by atoms with Gasteiger partial charge in [0, 0.05) is 60.3 Å². The summed E-state index contributed by atoms with van der Waals surface area (Å²) in [5.41, 5.74) is 10.4. The molecule has 0 spiro atoms. The lowest BCUT2D eigenvalue weighted by Crippen LogP contribution is -2.40. The summed E-state index contributed by atoms with van der Waals surface area (Å²) < 4.78 is 5.39. The number of nitrogens with two attached hydrogens (primary N) is 1. The van der Waals surface area contributed by atoms with Crippen LogP contribution in [0.25, 0.3) is 22.4 Å². The second-order valence-corrected chi connectivity index (χ2v) is 8.63. The number of morpholine rings is 1. The van der Waals surface area contributed by atoms with Gasteiger partial charge in [0.1, 0.15) is 5.69 Å². The topological polar surface area (TPSA) is 117 Å². The number of benzene rings is 1. The average Bonchev–Trinajstić information content (AvgIpc) is 3.44. The molecule has 2 fully saturated rings. The van der Waals surface area contributed by atoms with Crippen LogP contribution in [0.1, 0.15) is 40.1 Å². The summed E-state index contributed by atoms with van der Waals surface area (Å²) in [7, 11) is 0. The number of anilines is 1. The number of ether oxygens (including phenoxy) is 1. The summed E-state index contributed by atoms with van der Waals surface area (Å²) in [5, 5.41) is 6.72. The Hall–Kier alpha value is -3.72. The Morgan fingerprint density at radius 3 is 2.44 bits per heavy atom. The fourth-order valence-corrected chi connectivity index (χ4v) is 4.65. The third-order valence-electron chi connectivity index (χ3n) is 6.45. The Balaban J connectivity index is 1.59. The Labute approximate surface area is 197 Å². The van der Waals surface area contributed by atoms with E-state index in [9.17, 15) is 9.59 Å². The molecule has 0 aliphatic carbocycles. The number of aromatic nitrogens is 3. The highest BCUT2D eigenvalue weighted by Crippen LogP contribution is 2.36. The highest BCUT2D eigenvalue weighted by molar-refractivity contribution is 6.02. The van der Waals surface area contributed by atoms with Crippen LogP contribution in [0, 0.1) is 0 Å². The minimum absolute atomic E-state index is 0.00309. The van der Waals surface area contributed by atoms with Gasteiger partial charge in [-0.05, 0) is 43.5 Å². The molecule has 2 saturated heterocycles. The molecule has 3 N–H and O–H groups in total. The largest absolute Gasteiger partial charge is 0.378 e. The Morgan fingerprint density at radius 2 is 1.74 bits per heavy atom. The zero-order valence-electron chi connectivity index (χ0n) is 19.0. The molecule has 2 amide bonds. The summed E-state index contributed by atoms with van der Waals surface area (Å²) in [6, 6.07) is 9.43.